The molecule has 3 atom stereocenters. The van der Waals surface area contributed by atoms with Crippen molar-refractivity contribution in [2.24, 2.45) is 11.7 Å². The third kappa shape index (κ3) is 7.71. The fourth-order valence-corrected chi connectivity index (χ4v) is 6.18. The summed E-state index contributed by atoms with van der Waals surface area (Å²) in [5.41, 5.74) is 7.70. The molecule has 0 saturated carbocycles. The number of aryl methyl sites for hydroxylation is 1. The van der Waals surface area contributed by atoms with Crippen LogP contribution in [0.1, 0.15) is 62.5 Å². The van der Waals surface area contributed by atoms with Gasteiger partial charge in [0.2, 0.25) is 12.7 Å². The number of hydrogen-bond acceptors (Lipinski definition) is 7. The second-order valence-corrected chi connectivity index (χ2v) is 11.0. The normalized spacial score (nSPS) is 19.8. The molecule has 0 aliphatic carbocycles. The Morgan fingerprint density at radius 3 is 2.61 bits per heavy atom. The van der Waals surface area contributed by atoms with Gasteiger partial charge in [0, 0.05) is 31.6 Å². The lowest BCUT2D eigenvalue weighted by Crippen LogP contribution is -2.44. The van der Waals surface area contributed by atoms with Crippen LogP contribution in [-0.2, 0) is 16.0 Å². The fraction of sp³-hybridized carbons (Fsp3) is 0.562. The number of amides is 1. The van der Waals surface area contributed by atoms with Gasteiger partial charge in [-0.05, 0) is 74.4 Å². The van der Waals surface area contributed by atoms with Gasteiger partial charge in [0.05, 0.1) is 19.6 Å². The van der Waals surface area contributed by atoms with Crippen molar-refractivity contribution in [2.45, 2.75) is 63.8 Å². The summed E-state index contributed by atoms with van der Waals surface area (Å²) in [6.45, 7) is 4.97. The van der Waals surface area contributed by atoms with Gasteiger partial charge in [-0.1, -0.05) is 37.6 Å². The number of para-hydroxylation sites is 1. The van der Waals surface area contributed by atoms with Gasteiger partial charge in [0.15, 0.2) is 11.5 Å². The van der Waals surface area contributed by atoms with Crippen molar-refractivity contribution in [3.63, 3.8) is 0 Å². The molecule has 4 rings (SSSR count). The maximum Gasteiger partial charge on any atom is 0.308 e. The van der Waals surface area contributed by atoms with Gasteiger partial charge in [-0.3, -0.25) is 14.5 Å². The molecule has 2 aliphatic rings. The third-order valence-electron chi connectivity index (χ3n) is 8.35. The molecule has 2 aromatic carbocycles. The van der Waals surface area contributed by atoms with E-state index in [9.17, 15) is 14.7 Å². The minimum absolute atomic E-state index is 0.0562. The summed E-state index contributed by atoms with van der Waals surface area (Å²) in [7, 11) is 1.66. The molecule has 3 N–H and O–H groups in total. The van der Waals surface area contributed by atoms with Crippen LogP contribution in [0.2, 0.25) is 0 Å². The maximum atomic E-state index is 13.6. The molecule has 0 aromatic heterocycles. The fourth-order valence-electron chi connectivity index (χ4n) is 6.18. The van der Waals surface area contributed by atoms with Gasteiger partial charge < -0.3 is 30.0 Å². The van der Waals surface area contributed by atoms with E-state index in [-0.39, 0.29) is 31.2 Å². The van der Waals surface area contributed by atoms with Crippen molar-refractivity contribution in [1.82, 2.24) is 9.80 Å². The topological polar surface area (TPSA) is 115 Å². The number of nitrogens with zero attached hydrogens (tertiary/aromatic N) is 2. The van der Waals surface area contributed by atoms with Crippen LogP contribution in [0.5, 0.6) is 17.2 Å². The monoisotopic (exact) mass is 567 g/mol. The Hall–Kier alpha value is -3.30. The Kier molecular flexibility index (Phi) is 11.3. The predicted molar refractivity (Wildman–Crippen MR) is 158 cm³/mol. The van der Waals surface area contributed by atoms with Gasteiger partial charge in [-0.15, -0.1) is 0 Å². The second kappa shape index (κ2) is 15.1. The SMILES string of the molecule is CCCCN(CCCCN)C(=O)CN1CC(c2ccc3c(c2)OCO3)C(C(=O)O)C1CCCc1ccccc1OC. The zero-order valence-corrected chi connectivity index (χ0v) is 24.4. The molecule has 2 aliphatic heterocycles. The van der Waals surface area contributed by atoms with E-state index in [2.05, 4.69) is 11.8 Å². The van der Waals surface area contributed by atoms with E-state index in [1.807, 2.05) is 47.4 Å². The van der Waals surface area contributed by atoms with Crippen molar-refractivity contribution < 1.29 is 28.9 Å². The average molecular weight is 568 g/mol. The number of likely N-dealkylation sites (tertiary alicyclic amines) is 1. The molecule has 2 aromatic rings. The first-order chi connectivity index (χ1) is 20.0. The second-order valence-electron chi connectivity index (χ2n) is 11.0. The Morgan fingerprint density at radius 2 is 1.85 bits per heavy atom. The largest absolute Gasteiger partial charge is 0.496 e. The summed E-state index contributed by atoms with van der Waals surface area (Å²) >= 11 is 0. The number of rotatable bonds is 16. The number of carbonyl (C=O) groups is 2. The number of unbranched alkanes of at least 4 members (excludes halogenated alkanes) is 2. The molecule has 0 bridgehead atoms. The lowest BCUT2D eigenvalue weighted by atomic mass is 9.83. The zero-order chi connectivity index (χ0) is 29.2. The number of carboxylic acid groups (broad SMARTS) is 1. The first-order valence-corrected chi connectivity index (χ1v) is 14.9. The van der Waals surface area contributed by atoms with E-state index in [0.29, 0.717) is 44.1 Å². The van der Waals surface area contributed by atoms with Crippen LogP contribution < -0.4 is 19.9 Å². The highest BCUT2D eigenvalue weighted by molar-refractivity contribution is 5.79. The van der Waals surface area contributed by atoms with Gasteiger partial charge in [-0.2, -0.15) is 0 Å². The number of fused-ring (bicyclic) bond motifs is 1. The highest BCUT2D eigenvalue weighted by atomic mass is 16.7. The van der Waals surface area contributed by atoms with Crippen LogP contribution in [0.25, 0.3) is 0 Å². The molecular weight excluding hydrogens is 522 g/mol. The van der Waals surface area contributed by atoms with E-state index in [0.717, 1.165) is 55.4 Å². The van der Waals surface area contributed by atoms with Crippen LogP contribution in [0.4, 0.5) is 0 Å². The molecule has 1 amide bonds. The van der Waals surface area contributed by atoms with Gasteiger partial charge in [0.1, 0.15) is 5.75 Å². The number of ether oxygens (including phenoxy) is 3. The number of aliphatic carboxylic acids is 1. The minimum atomic E-state index is -0.837. The molecular formula is C32H45N3O6. The summed E-state index contributed by atoms with van der Waals surface area (Å²) < 4.78 is 16.6. The van der Waals surface area contributed by atoms with E-state index < -0.39 is 11.9 Å². The molecule has 1 fully saturated rings. The highest BCUT2D eigenvalue weighted by Gasteiger charge is 2.47. The lowest BCUT2D eigenvalue weighted by Gasteiger charge is -2.30. The van der Waals surface area contributed by atoms with Gasteiger partial charge in [-0.25, -0.2) is 0 Å². The standard InChI is InChI=1S/C32H45N3O6/c1-3-4-17-34(18-8-7-16-33)30(36)21-35-20-25(24-14-15-28-29(19-24)41-22-40-28)31(32(37)38)26(35)12-9-11-23-10-5-6-13-27(23)39-2/h5-6,10,13-15,19,25-26,31H,3-4,7-9,11-12,16-18,20-22,33H2,1-2H3,(H,37,38). The number of nitrogens with two attached hydrogens (primary N) is 1. The summed E-state index contributed by atoms with van der Waals surface area (Å²) in [6, 6.07) is 13.3. The Balaban J connectivity index is 1.56. The predicted octanol–water partition coefficient (Wildman–Crippen LogP) is 4.28. The van der Waals surface area contributed by atoms with Crippen LogP contribution in [0.15, 0.2) is 42.5 Å². The first-order valence-electron chi connectivity index (χ1n) is 14.9. The van der Waals surface area contributed by atoms with Crippen LogP contribution in [-0.4, -0.2) is 79.5 Å². The number of carboxylic acids is 1. The number of hydrogen-bond donors (Lipinski definition) is 2. The van der Waals surface area contributed by atoms with Gasteiger partial charge in [0.25, 0.3) is 0 Å². The number of methoxy groups -OCH3 is 1. The third-order valence-corrected chi connectivity index (χ3v) is 8.35. The average Bonchev–Trinajstić information content (AvgIpc) is 3.59. The molecule has 2 heterocycles. The van der Waals surface area contributed by atoms with E-state index in [4.69, 9.17) is 19.9 Å². The molecule has 0 radical (unpaired) electrons. The summed E-state index contributed by atoms with van der Waals surface area (Å²) in [5.74, 6) is 0.441. The van der Waals surface area contributed by atoms with Crippen molar-refractivity contribution in [3.05, 3.63) is 53.6 Å². The van der Waals surface area contributed by atoms with Crippen molar-refractivity contribution in [3.8, 4) is 17.2 Å². The zero-order valence-electron chi connectivity index (χ0n) is 24.4. The summed E-state index contributed by atoms with van der Waals surface area (Å²) in [5, 5.41) is 10.5. The van der Waals surface area contributed by atoms with E-state index >= 15 is 0 Å². The number of carbonyl (C=O) groups excluding carboxylic acids is 1. The van der Waals surface area contributed by atoms with Crippen molar-refractivity contribution in [2.75, 3.05) is 46.6 Å². The Labute approximate surface area is 243 Å². The Morgan fingerprint density at radius 1 is 1.07 bits per heavy atom. The van der Waals surface area contributed by atoms with Crippen molar-refractivity contribution in [1.29, 1.82) is 0 Å². The smallest absolute Gasteiger partial charge is 0.308 e. The summed E-state index contributed by atoms with van der Waals surface area (Å²) in [6.07, 6.45) is 5.89. The van der Waals surface area contributed by atoms with Crippen LogP contribution >= 0.6 is 0 Å². The van der Waals surface area contributed by atoms with E-state index in [1.165, 1.54) is 0 Å². The van der Waals surface area contributed by atoms with Crippen LogP contribution in [0.3, 0.4) is 0 Å². The maximum absolute atomic E-state index is 13.6. The molecule has 3 unspecified atom stereocenters. The highest BCUT2D eigenvalue weighted by Crippen LogP contribution is 2.43. The molecule has 1 saturated heterocycles. The molecule has 41 heavy (non-hydrogen) atoms. The summed E-state index contributed by atoms with van der Waals surface area (Å²) in [4.78, 5) is 30.5. The van der Waals surface area contributed by atoms with Crippen LogP contribution in [0, 0.1) is 5.92 Å². The van der Waals surface area contributed by atoms with Gasteiger partial charge >= 0.3 is 5.97 Å². The molecule has 0 spiro atoms. The van der Waals surface area contributed by atoms with E-state index in [1.54, 1.807) is 7.11 Å². The van der Waals surface area contributed by atoms with Crippen molar-refractivity contribution >= 4 is 11.9 Å². The lowest BCUT2D eigenvalue weighted by molar-refractivity contribution is -0.143. The molecule has 9 heteroatoms. The molecule has 224 valence electrons. The minimum Gasteiger partial charge on any atom is -0.496 e. The Bertz CT molecular complexity index is 1160. The quantitative estimate of drug-likeness (QED) is 0.289. The first kappa shape index (κ1) is 30.7. The number of benzene rings is 2. The molecule has 9 nitrogen and oxygen atoms in total.